The second-order valence-electron chi connectivity index (χ2n) is 6.23. The first kappa shape index (κ1) is 16.1. The predicted octanol–water partition coefficient (Wildman–Crippen LogP) is 2.28. The molecule has 126 valence electrons. The van der Waals surface area contributed by atoms with Crippen LogP contribution in [0.4, 0.5) is 15.8 Å². The molecule has 7 heteroatoms. The molecule has 23 heavy (non-hydrogen) atoms. The minimum Gasteiger partial charge on any atom is -0.379 e. The monoisotopic (exact) mass is 323 g/mol. The molecule has 0 radical (unpaired) electrons. The van der Waals surface area contributed by atoms with E-state index in [2.05, 4.69) is 4.90 Å². The number of benzene rings is 1. The summed E-state index contributed by atoms with van der Waals surface area (Å²) in [5.41, 5.74) is 0.00111. The summed E-state index contributed by atoms with van der Waals surface area (Å²) in [5.74, 6) is -0.312. The number of halogens is 1. The molecule has 2 saturated heterocycles. The number of anilines is 1. The van der Waals surface area contributed by atoms with E-state index in [9.17, 15) is 14.5 Å². The lowest BCUT2D eigenvalue weighted by Crippen LogP contribution is -2.44. The van der Waals surface area contributed by atoms with Gasteiger partial charge in [0.15, 0.2) is 0 Å². The number of para-hydroxylation sites is 1. The van der Waals surface area contributed by atoms with Gasteiger partial charge in [0.1, 0.15) is 5.69 Å². The highest BCUT2D eigenvalue weighted by molar-refractivity contribution is 5.64. The number of piperidine rings is 1. The van der Waals surface area contributed by atoms with Gasteiger partial charge in [0.25, 0.3) is 0 Å². The molecule has 1 unspecified atom stereocenters. The number of hydrogen-bond acceptors (Lipinski definition) is 5. The molecule has 0 bridgehead atoms. The van der Waals surface area contributed by atoms with Gasteiger partial charge in [-0.3, -0.25) is 15.0 Å². The molecule has 6 nitrogen and oxygen atoms in total. The smallest absolute Gasteiger partial charge is 0.327 e. The van der Waals surface area contributed by atoms with Crippen molar-refractivity contribution in [2.75, 3.05) is 50.8 Å². The van der Waals surface area contributed by atoms with Crippen molar-refractivity contribution in [3.05, 3.63) is 34.1 Å². The topological polar surface area (TPSA) is 58.9 Å². The van der Waals surface area contributed by atoms with Crippen LogP contribution in [0.2, 0.25) is 0 Å². The Kier molecular flexibility index (Phi) is 5.07. The van der Waals surface area contributed by atoms with Crippen LogP contribution in [0.3, 0.4) is 0 Å². The Labute approximate surface area is 135 Å². The lowest BCUT2D eigenvalue weighted by atomic mass is 9.96. The van der Waals surface area contributed by atoms with Crippen molar-refractivity contribution in [1.82, 2.24) is 4.90 Å². The molecule has 0 N–H and O–H groups in total. The average Bonchev–Trinajstić information content (AvgIpc) is 2.55. The van der Waals surface area contributed by atoms with Crippen LogP contribution < -0.4 is 4.90 Å². The molecule has 2 heterocycles. The molecule has 2 fully saturated rings. The van der Waals surface area contributed by atoms with Crippen molar-refractivity contribution >= 4 is 11.4 Å². The van der Waals surface area contributed by atoms with E-state index in [4.69, 9.17) is 4.74 Å². The standard InChI is InChI=1S/C16H22FN3O3/c17-14-4-1-5-15(16(14)20(21)22)19-6-2-3-13(12-19)11-18-7-9-23-10-8-18/h1,4-5,13H,2-3,6-12H2. The van der Waals surface area contributed by atoms with Gasteiger partial charge >= 0.3 is 5.69 Å². The van der Waals surface area contributed by atoms with Crippen molar-refractivity contribution < 1.29 is 14.1 Å². The number of nitro groups is 1. The molecule has 2 aliphatic rings. The molecular weight excluding hydrogens is 301 g/mol. The minimum atomic E-state index is -0.761. The van der Waals surface area contributed by atoms with Crippen molar-refractivity contribution in [2.45, 2.75) is 12.8 Å². The highest BCUT2D eigenvalue weighted by Gasteiger charge is 2.29. The number of morpholine rings is 1. The van der Waals surface area contributed by atoms with Crippen LogP contribution in [0.1, 0.15) is 12.8 Å². The predicted molar refractivity (Wildman–Crippen MR) is 85.3 cm³/mol. The third-order valence-corrected chi connectivity index (χ3v) is 4.63. The van der Waals surface area contributed by atoms with Crippen LogP contribution in [0.25, 0.3) is 0 Å². The van der Waals surface area contributed by atoms with Gasteiger partial charge in [-0.15, -0.1) is 0 Å². The maximum Gasteiger partial charge on any atom is 0.327 e. The number of nitrogens with zero attached hydrogens (tertiary/aromatic N) is 3. The fourth-order valence-electron chi connectivity index (χ4n) is 3.52. The maximum absolute atomic E-state index is 13.8. The Morgan fingerprint density at radius 1 is 1.30 bits per heavy atom. The van der Waals surface area contributed by atoms with Crippen LogP contribution in [-0.2, 0) is 4.74 Å². The summed E-state index contributed by atoms with van der Waals surface area (Å²) in [6, 6.07) is 4.35. The lowest BCUT2D eigenvalue weighted by Gasteiger charge is -2.37. The van der Waals surface area contributed by atoms with Gasteiger partial charge in [-0.2, -0.15) is 4.39 Å². The van der Waals surface area contributed by atoms with Crippen molar-refractivity contribution in [1.29, 1.82) is 0 Å². The summed E-state index contributed by atoms with van der Waals surface area (Å²) < 4.78 is 19.2. The van der Waals surface area contributed by atoms with Crippen LogP contribution in [0, 0.1) is 21.8 Å². The van der Waals surface area contributed by atoms with Gasteiger partial charge in [0.05, 0.1) is 18.1 Å². The van der Waals surface area contributed by atoms with Gasteiger partial charge in [0, 0.05) is 32.7 Å². The molecule has 1 aromatic rings. The minimum absolute atomic E-state index is 0.403. The van der Waals surface area contributed by atoms with Gasteiger partial charge in [-0.25, -0.2) is 0 Å². The van der Waals surface area contributed by atoms with Crippen molar-refractivity contribution in [2.24, 2.45) is 5.92 Å². The first-order valence-corrected chi connectivity index (χ1v) is 8.13. The summed E-state index contributed by atoms with van der Waals surface area (Å²) in [6.45, 7) is 5.87. The molecule has 1 aromatic carbocycles. The second-order valence-corrected chi connectivity index (χ2v) is 6.23. The van der Waals surface area contributed by atoms with Crippen LogP contribution in [0.15, 0.2) is 18.2 Å². The van der Waals surface area contributed by atoms with E-state index in [1.165, 1.54) is 0 Å². The van der Waals surface area contributed by atoms with Crippen molar-refractivity contribution in [3.8, 4) is 0 Å². The third-order valence-electron chi connectivity index (χ3n) is 4.63. The molecular formula is C16H22FN3O3. The molecule has 3 rings (SSSR count). The van der Waals surface area contributed by atoms with Crippen molar-refractivity contribution in [3.63, 3.8) is 0 Å². The normalized spacial score (nSPS) is 23.0. The van der Waals surface area contributed by atoms with Gasteiger partial charge in [-0.05, 0) is 30.9 Å². The van der Waals surface area contributed by atoms with Gasteiger partial charge in [-0.1, -0.05) is 6.07 Å². The van der Waals surface area contributed by atoms with E-state index in [1.54, 1.807) is 12.1 Å². The maximum atomic E-state index is 13.8. The largest absolute Gasteiger partial charge is 0.379 e. The Hall–Kier alpha value is -1.73. The quantitative estimate of drug-likeness (QED) is 0.628. The SMILES string of the molecule is O=[N+]([O-])c1c(F)cccc1N1CCCC(CN2CCOCC2)C1. The van der Waals surface area contributed by atoms with E-state index in [0.29, 0.717) is 11.6 Å². The summed E-state index contributed by atoms with van der Waals surface area (Å²) >= 11 is 0. The number of nitro benzene ring substituents is 1. The molecule has 2 aliphatic heterocycles. The van der Waals surface area contributed by atoms with E-state index in [1.807, 2.05) is 4.90 Å². The molecule has 0 aromatic heterocycles. The first-order valence-electron chi connectivity index (χ1n) is 8.13. The zero-order valence-corrected chi connectivity index (χ0v) is 13.1. The first-order chi connectivity index (χ1) is 11.1. The molecule has 0 spiro atoms. The van der Waals surface area contributed by atoms with E-state index < -0.39 is 16.4 Å². The summed E-state index contributed by atoms with van der Waals surface area (Å²) in [4.78, 5) is 14.9. The molecule has 0 amide bonds. The highest BCUT2D eigenvalue weighted by atomic mass is 19.1. The van der Waals surface area contributed by atoms with E-state index in [0.717, 1.165) is 64.8 Å². The van der Waals surface area contributed by atoms with Gasteiger partial charge < -0.3 is 9.64 Å². The van der Waals surface area contributed by atoms with Crippen LogP contribution in [0.5, 0.6) is 0 Å². The second kappa shape index (κ2) is 7.23. The number of rotatable bonds is 4. The third kappa shape index (κ3) is 3.79. The zero-order valence-electron chi connectivity index (χ0n) is 13.1. The fraction of sp³-hybridized carbons (Fsp3) is 0.625. The van der Waals surface area contributed by atoms with Crippen LogP contribution >= 0.6 is 0 Å². The number of hydrogen-bond donors (Lipinski definition) is 0. The number of ether oxygens (including phenoxy) is 1. The summed E-state index contributed by atoms with van der Waals surface area (Å²) in [7, 11) is 0. The Morgan fingerprint density at radius 3 is 2.83 bits per heavy atom. The average molecular weight is 323 g/mol. The lowest BCUT2D eigenvalue weighted by molar-refractivity contribution is -0.386. The molecule has 1 atom stereocenters. The summed E-state index contributed by atoms with van der Waals surface area (Å²) in [6.07, 6.45) is 2.08. The van der Waals surface area contributed by atoms with E-state index >= 15 is 0 Å². The van der Waals surface area contributed by atoms with Gasteiger partial charge in [0.2, 0.25) is 5.82 Å². The molecule has 0 saturated carbocycles. The Morgan fingerprint density at radius 2 is 2.09 bits per heavy atom. The Bertz CT molecular complexity index is 564. The molecule has 0 aliphatic carbocycles. The Balaban J connectivity index is 1.71. The summed E-state index contributed by atoms with van der Waals surface area (Å²) in [5, 5.41) is 11.2. The van der Waals surface area contributed by atoms with E-state index in [-0.39, 0.29) is 0 Å². The van der Waals surface area contributed by atoms with Crippen LogP contribution in [-0.4, -0.2) is 55.8 Å². The zero-order chi connectivity index (χ0) is 16.2. The highest BCUT2D eigenvalue weighted by Crippen LogP contribution is 2.33. The fourth-order valence-corrected chi connectivity index (χ4v) is 3.52.